The summed E-state index contributed by atoms with van der Waals surface area (Å²) in [5.74, 6) is -1.49. The van der Waals surface area contributed by atoms with E-state index in [1.165, 1.54) is 4.90 Å². The van der Waals surface area contributed by atoms with Gasteiger partial charge in [0.1, 0.15) is 6.04 Å². The molecule has 2 aromatic carbocycles. The number of carboxylic acid groups (broad SMARTS) is 1. The first-order valence-corrected chi connectivity index (χ1v) is 8.56. The summed E-state index contributed by atoms with van der Waals surface area (Å²) in [4.78, 5) is 37.6. The Morgan fingerprint density at radius 1 is 0.923 bits per heavy atom. The number of carbonyl (C=O) groups excluding carboxylic acids is 2. The fourth-order valence-corrected chi connectivity index (χ4v) is 3.09. The minimum Gasteiger partial charge on any atom is -0.480 e. The number of piperidine rings is 1. The van der Waals surface area contributed by atoms with Crippen LogP contribution in [0.25, 0.3) is 0 Å². The molecule has 0 spiro atoms. The van der Waals surface area contributed by atoms with Crippen LogP contribution in [-0.2, 0) is 4.79 Å². The zero-order valence-corrected chi connectivity index (χ0v) is 14.2. The predicted octanol–water partition coefficient (Wildman–Crippen LogP) is 3.02. The standard InChI is InChI=1S/C20H20N2O4/c23-18(14-6-2-1-3-7-14)21-16-11-9-15(10-12-16)19(24)22-13-5-4-8-17(22)20(25)26/h1-3,6-7,9-12,17H,4-5,8,13H2,(H,21,23)(H,25,26). The summed E-state index contributed by atoms with van der Waals surface area (Å²) in [6.07, 6.45) is 2.10. The first-order valence-electron chi connectivity index (χ1n) is 8.56. The number of likely N-dealkylation sites (tertiary alicyclic amines) is 1. The van der Waals surface area contributed by atoms with Crippen LogP contribution < -0.4 is 5.32 Å². The van der Waals surface area contributed by atoms with Crippen molar-refractivity contribution in [1.82, 2.24) is 4.90 Å². The summed E-state index contributed by atoms with van der Waals surface area (Å²) in [5, 5.41) is 12.1. The van der Waals surface area contributed by atoms with Crippen molar-refractivity contribution in [3.63, 3.8) is 0 Å². The predicted molar refractivity (Wildman–Crippen MR) is 97.1 cm³/mol. The third kappa shape index (κ3) is 3.91. The van der Waals surface area contributed by atoms with Gasteiger partial charge in [0.25, 0.3) is 11.8 Å². The van der Waals surface area contributed by atoms with Crippen molar-refractivity contribution in [2.24, 2.45) is 0 Å². The van der Waals surface area contributed by atoms with Crippen molar-refractivity contribution in [3.05, 3.63) is 65.7 Å². The first-order chi connectivity index (χ1) is 12.6. The average molecular weight is 352 g/mol. The van der Waals surface area contributed by atoms with Gasteiger partial charge in [-0.05, 0) is 55.7 Å². The number of aliphatic carboxylic acids is 1. The molecule has 2 amide bonds. The van der Waals surface area contributed by atoms with Crippen LogP contribution in [0.5, 0.6) is 0 Å². The highest BCUT2D eigenvalue weighted by atomic mass is 16.4. The van der Waals surface area contributed by atoms with Crippen molar-refractivity contribution in [2.75, 3.05) is 11.9 Å². The average Bonchev–Trinajstić information content (AvgIpc) is 2.68. The summed E-state index contributed by atoms with van der Waals surface area (Å²) in [6, 6.07) is 14.6. The van der Waals surface area contributed by atoms with E-state index in [4.69, 9.17) is 0 Å². The quantitative estimate of drug-likeness (QED) is 0.885. The van der Waals surface area contributed by atoms with Gasteiger partial charge in [-0.15, -0.1) is 0 Å². The van der Waals surface area contributed by atoms with Gasteiger partial charge in [-0.3, -0.25) is 9.59 Å². The number of rotatable bonds is 4. The Bertz CT molecular complexity index is 802. The van der Waals surface area contributed by atoms with Crippen LogP contribution in [0.3, 0.4) is 0 Å². The molecule has 1 heterocycles. The Labute approximate surface area is 151 Å². The van der Waals surface area contributed by atoms with Crippen LogP contribution in [-0.4, -0.2) is 40.4 Å². The number of carboxylic acids is 1. The minimum atomic E-state index is -0.968. The highest BCUT2D eigenvalue weighted by Crippen LogP contribution is 2.21. The van der Waals surface area contributed by atoms with E-state index in [0.717, 1.165) is 12.8 Å². The Morgan fingerprint density at radius 2 is 1.62 bits per heavy atom. The van der Waals surface area contributed by atoms with Crippen molar-refractivity contribution in [2.45, 2.75) is 25.3 Å². The van der Waals surface area contributed by atoms with E-state index in [1.54, 1.807) is 48.5 Å². The van der Waals surface area contributed by atoms with Gasteiger partial charge in [-0.2, -0.15) is 0 Å². The Hall–Kier alpha value is -3.15. The van der Waals surface area contributed by atoms with E-state index in [1.807, 2.05) is 6.07 Å². The maximum atomic E-state index is 12.6. The molecule has 2 aromatic rings. The molecule has 1 fully saturated rings. The molecule has 6 heteroatoms. The van der Waals surface area contributed by atoms with E-state index in [2.05, 4.69) is 5.32 Å². The Balaban J connectivity index is 1.70. The molecule has 26 heavy (non-hydrogen) atoms. The molecule has 134 valence electrons. The van der Waals surface area contributed by atoms with Crippen LogP contribution in [0.2, 0.25) is 0 Å². The number of amides is 2. The lowest BCUT2D eigenvalue weighted by atomic mass is 10.0. The zero-order valence-electron chi connectivity index (χ0n) is 14.2. The second-order valence-electron chi connectivity index (χ2n) is 6.25. The lowest BCUT2D eigenvalue weighted by Crippen LogP contribution is -2.47. The maximum absolute atomic E-state index is 12.6. The van der Waals surface area contributed by atoms with Crippen LogP contribution in [0, 0.1) is 0 Å². The summed E-state index contributed by atoms with van der Waals surface area (Å²) in [5.41, 5.74) is 1.53. The largest absolute Gasteiger partial charge is 0.480 e. The third-order valence-electron chi connectivity index (χ3n) is 4.47. The van der Waals surface area contributed by atoms with E-state index >= 15 is 0 Å². The number of nitrogens with one attached hydrogen (secondary N) is 1. The van der Waals surface area contributed by atoms with Gasteiger partial charge in [-0.25, -0.2) is 4.79 Å². The summed E-state index contributed by atoms with van der Waals surface area (Å²) in [6.45, 7) is 0.447. The van der Waals surface area contributed by atoms with Crippen molar-refractivity contribution < 1.29 is 19.5 Å². The van der Waals surface area contributed by atoms with E-state index in [9.17, 15) is 19.5 Å². The van der Waals surface area contributed by atoms with Crippen molar-refractivity contribution in [1.29, 1.82) is 0 Å². The SMILES string of the molecule is O=C(Nc1ccc(C(=O)N2CCCCC2C(=O)O)cc1)c1ccccc1. The highest BCUT2D eigenvalue weighted by molar-refractivity contribution is 6.04. The molecule has 0 aromatic heterocycles. The minimum absolute atomic E-state index is 0.230. The molecular formula is C20H20N2O4. The monoisotopic (exact) mass is 352 g/mol. The van der Waals surface area contributed by atoms with Gasteiger partial charge in [0.2, 0.25) is 0 Å². The number of nitrogens with zero attached hydrogens (tertiary/aromatic N) is 1. The summed E-state index contributed by atoms with van der Waals surface area (Å²) >= 11 is 0. The molecule has 0 radical (unpaired) electrons. The number of carbonyl (C=O) groups is 3. The molecule has 1 aliphatic rings. The van der Waals surface area contributed by atoms with Crippen LogP contribution in [0.4, 0.5) is 5.69 Å². The molecule has 1 unspecified atom stereocenters. The number of anilines is 1. The highest BCUT2D eigenvalue weighted by Gasteiger charge is 2.32. The second-order valence-corrected chi connectivity index (χ2v) is 6.25. The fraction of sp³-hybridized carbons (Fsp3) is 0.250. The van der Waals surface area contributed by atoms with Crippen molar-refractivity contribution >= 4 is 23.5 Å². The number of hydrogen-bond acceptors (Lipinski definition) is 3. The van der Waals surface area contributed by atoms with Gasteiger partial charge in [-0.1, -0.05) is 18.2 Å². The van der Waals surface area contributed by atoms with Gasteiger partial charge < -0.3 is 15.3 Å². The Morgan fingerprint density at radius 3 is 2.27 bits per heavy atom. The van der Waals surface area contributed by atoms with Gasteiger partial charge >= 0.3 is 5.97 Å². The van der Waals surface area contributed by atoms with Crippen LogP contribution in [0.15, 0.2) is 54.6 Å². The molecular weight excluding hydrogens is 332 g/mol. The van der Waals surface area contributed by atoms with Crippen LogP contribution in [0.1, 0.15) is 40.0 Å². The molecule has 1 saturated heterocycles. The van der Waals surface area contributed by atoms with E-state index < -0.39 is 12.0 Å². The maximum Gasteiger partial charge on any atom is 0.326 e. The van der Waals surface area contributed by atoms with Gasteiger partial charge in [0.15, 0.2) is 0 Å². The van der Waals surface area contributed by atoms with E-state index in [0.29, 0.717) is 29.8 Å². The molecule has 1 atom stereocenters. The molecule has 6 nitrogen and oxygen atoms in total. The van der Waals surface area contributed by atoms with E-state index in [-0.39, 0.29) is 11.8 Å². The van der Waals surface area contributed by atoms with Gasteiger partial charge in [0, 0.05) is 23.4 Å². The normalized spacial score (nSPS) is 16.8. The first kappa shape index (κ1) is 17.7. The lowest BCUT2D eigenvalue weighted by Gasteiger charge is -2.33. The number of benzene rings is 2. The van der Waals surface area contributed by atoms with Crippen LogP contribution >= 0.6 is 0 Å². The lowest BCUT2D eigenvalue weighted by molar-refractivity contribution is -0.143. The summed E-state index contributed by atoms with van der Waals surface area (Å²) in [7, 11) is 0. The topological polar surface area (TPSA) is 86.7 Å². The fourth-order valence-electron chi connectivity index (χ4n) is 3.09. The number of hydrogen-bond donors (Lipinski definition) is 2. The van der Waals surface area contributed by atoms with Gasteiger partial charge in [0.05, 0.1) is 0 Å². The Kier molecular flexibility index (Phi) is 5.31. The molecule has 0 aliphatic carbocycles. The smallest absolute Gasteiger partial charge is 0.326 e. The zero-order chi connectivity index (χ0) is 18.5. The molecule has 0 bridgehead atoms. The second kappa shape index (κ2) is 7.82. The van der Waals surface area contributed by atoms with Crippen molar-refractivity contribution in [3.8, 4) is 0 Å². The molecule has 2 N–H and O–H groups in total. The molecule has 0 saturated carbocycles. The molecule has 3 rings (SSSR count). The summed E-state index contributed by atoms with van der Waals surface area (Å²) < 4.78 is 0. The molecule has 1 aliphatic heterocycles. The third-order valence-corrected chi connectivity index (χ3v) is 4.47.